The molecule has 0 saturated carbocycles. The molecule has 0 aromatic heterocycles. The van der Waals surface area contributed by atoms with Gasteiger partial charge in [-0.25, -0.2) is 0 Å². The quantitative estimate of drug-likeness (QED) is 0.107. The van der Waals surface area contributed by atoms with Crippen LogP contribution in [0.3, 0.4) is 0 Å². The van der Waals surface area contributed by atoms with Crippen LogP contribution in [0.5, 0.6) is 0 Å². The van der Waals surface area contributed by atoms with E-state index in [2.05, 4.69) is 328 Å². The van der Waals surface area contributed by atoms with E-state index in [1.54, 1.807) is 0 Å². The molecule has 0 aliphatic heterocycles. The molecule has 0 aliphatic rings. The number of rotatable bonds is 12. The van der Waals surface area contributed by atoms with Gasteiger partial charge in [0, 0.05) is 0 Å². The fraction of sp³-hybridized carbons (Fsp3) is 0. The molecule has 0 N–H and O–H groups in total. The molecule has 0 nitrogen and oxygen atoms in total. The van der Waals surface area contributed by atoms with Crippen molar-refractivity contribution in [3.63, 3.8) is 0 Å². The Morgan fingerprint density at radius 2 is 0.378 bits per heavy atom. The van der Waals surface area contributed by atoms with Gasteiger partial charge in [-0.3, -0.25) is 0 Å². The van der Waals surface area contributed by atoms with Gasteiger partial charge < -0.3 is 0 Å². The molecule has 2 radical (unpaired) electrons. The van der Waals surface area contributed by atoms with Crippen molar-refractivity contribution in [2.24, 2.45) is 0 Å². The van der Waals surface area contributed by atoms with E-state index in [1.807, 2.05) is 0 Å². The zero-order valence-corrected chi connectivity index (χ0v) is 46.9. The molecule has 0 amide bonds. The van der Waals surface area contributed by atoms with Crippen molar-refractivity contribution < 1.29 is 0 Å². The Labute approximate surface area is 451 Å². The Morgan fingerprint density at radius 3 is 0.689 bits per heavy atom. The number of benzene rings is 12. The molecule has 0 aliphatic carbocycles. The van der Waals surface area contributed by atoms with E-state index in [0.717, 1.165) is 0 Å². The van der Waals surface area contributed by atoms with Gasteiger partial charge in [-0.15, -0.1) is 0 Å². The SMILES string of the molecule is c1cc[c]([Sn]([c]2ccccc2)[c]2ccccc2)cc1.c1ccc(-c2cccc[c]2[Sn]([c]2ccccc2)[c]2c(-c3ccccc3)c(-c3ccccc3)c(-c3ccccc3)c(-c3ccccc3)c2-c2ccccc2)cc1. The number of hydrogen-bond acceptors (Lipinski definition) is 0. The molecular formula is C72H54Sn2. The molecule has 0 fully saturated rings. The monoisotopic (exact) mass is 1160 g/mol. The fourth-order valence-electron chi connectivity index (χ4n) is 10.4. The molecule has 0 spiro atoms. The fourth-order valence-corrected chi connectivity index (χ4v) is 26.9. The van der Waals surface area contributed by atoms with Crippen LogP contribution in [0.25, 0.3) is 66.8 Å². The van der Waals surface area contributed by atoms with Crippen LogP contribution in [-0.2, 0) is 0 Å². The molecule has 74 heavy (non-hydrogen) atoms. The second kappa shape index (κ2) is 23.9. The van der Waals surface area contributed by atoms with Crippen molar-refractivity contribution in [3.8, 4) is 66.8 Å². The van der Waals surface area contributed by atoms with Crippen LogP contribution in [0, 0.1) is 0 Å². The van der Waals surface area contributed by atoms with Gasteiger partial charge in [-0.2, -0.15) is 0 Å². The van der Waals surface area contributed by atoms with Crippen molar-refractivity contribution in [3.05, 3.63) is 328 Å². The summed E-state index contributed by atoms with van der Waals surface area (Å²) in [5.41, 5.74) is 15.1. The summed E-state index contributed by atoms with van der Waals surface area (Å²) in [6.45, 7) is 0. The van der Waals surface area contributed by atoms with Crippen LogP contribution in [0.2, 0.25) is 0 Å². The average Bonchev–Trinajstić information content (AvgIpc) is 3.49. The molecule has 350 valence electrons. The van der Waals surface area contributed by atoms with Crippen LogP contribution in [-0.4, -0.2) is 39.5 Å². The molecule has 12 aromatic rings. The third-order valence-electron chi connectivity index (χ3n) is 13.6. The van der Waals surface area contributed by atoms with Crippen LogP contribution >= 0.6 is 0 Å². The first-order valence-corrected chi connectivity index (χ1v) is 34.0. The molecule has 0 unspecified atom stereocenters. The van der Waals surface area contributed by atoms with Crippen molar-refractivity contribution in [1.82, 2.24) is 0 Å². The van der Waals surface area contributed by atoms with Gasteiger partial charge in [-0.1, -0.05) is 0 Å². The summed E-state index contributed by atoms with van der Waals surface area (Å²) >= 11 is -5.26. The first kappa shape index (κ1) is 48.5. The first-order chi connectivity index (χ1) is 36.8. The Kier molecular flexibility index (Phi) is 15.6. The van der Waals surface area contributed by atoms with Gasteiger partial charge >= 0.3 is 455 Å². The second-order valence-corrected chi connectivity index (χ2v) is 32.0. The summed E-state index contributed by atoms with van der Waals surface area (Å²) in [6, 6.07) is 120. The second-order valence-electron chi connectivity index (χ2n) is 18.2. The normalized spacial score (nSPS) is 10.9. The van der Waals surface area contributed by atoms with Crippen molar-refractivity contribution in [2.45, 2.75) is 0 Å². The van der Waals surface area contributed by atoms with E-state index in [-0.39, 0.29) is 0 Å². The van der Waals surface area contributed by atoms with Crippen LogP contribution in [0.1, 0.15) is 0 Å². The van der Waals surface area contributed by atoms with Crippen molar-refractivity contribution in [2.75, 3.05) is 0 Å². The van der Waals surface area contributed by atoms with E-state index in [1.165, 1.54) is 88.2 Å². The Bertz CT molecular complexity index is 3450. The van der Waals surface area contributed by atoms with E-state index >= 15 is 0 Å². The summed E-state index contributed by atoms with van der Waals surface area (Å²) < 4.78 is 8.97. The van der Waals surface area contributed by atoms with E-state index in [4.69, 9.17) is 0 Å². The molecule has 12 rings (SSSR count). The van der Waals surface area contributed by atoms with Gasteiger partial charge in [-0.05, 0) is 0 Å². The van der Waals surface area contributed by atoms with E-state index < -0.39 is 39.5 Å². The van der Waals surface area contributed by atoms with E-state index in [0.29, 0.717) is 0 Å². The standard InChI is InChI=1S/C36H25.C12H9.4C6H5.2Sn/c1-6-16-27(17-7-1)32-26-33(28-18-8-2-9-19-28)35(30-22-12-4-13-23-30)36(31-24-14-5-15-25-31)34(32)29-20-10-3-11-21-29;1-3-7-11(8-4-1)12-9-5-2-6-10-12;4*1-2-4-6-5-3-1;;/h1-25H;1-9H;4*1-5H;;. The maximum atomic E-state index is 2.43. The summed E-state index contributed by atoms with van der Waals surface area (Å²) in [5.74, 6) is 0. The molecule has 12 aromatic carbocycles. The minimum atomic E-state index is -3.27. The molecule has 0 bridgehead atoms. The molecule has 0 saturated heterocycles. The zero-order chi connectivity index (χ0) is 49.7. The van der Waals surface area contributed by atoms with Gasteiger partial charge in [0.15, 0.2) is 0 Å². The predicted molar refractivity (Wildman–Crippen MR) is 321 cm³/mol. The third kappa shape index (κ3) is 10.7. The minimum absolute atomic E-state index is 1.20. The van der Waals surface area contributed by atoms with Gasteiger partial charge in [0.1, 0.15) is 0 Å². The molecule has 2 heteroatoms. The molecule has 0 heterocycles. The van der Waals surface area contributed by atoms with E-state index in [9.17, 15) is 0 Å². The van der Waals surface area contributed by atoms with Gasteiger partial charge in [0.05, 0.1) is 0 Å². The third-order valence-corrected chi connectivity index (χ3v) is 29.6. The van der Waals surface area contributed by atoms with Crippen molar-refractivity contribution >= 4 is 61.0 Å². The summed E-state index contributed by atoms with van der Waals surface area (Å²) in [6.07, 6.45) is 0. The van der Waals surface area contributed by atoms with Gasteiger partial charge in [0.2, 0.25) is 0 Å². The number of hydrogen-bond donors (Lipinski definition) is 0. The van der Waals surface area contributed by atoms with Crippen LogP contribution in [0.15, 0.2) is 328 Å². The van der Waals surface area contributed by atoms with Crippen molar-refractivity contribution in [1.29, 1.82) is 0 Å². The van der Waals surface area contributed by atoms with Crippen LogP contribution in [0.4, 0.5) is 0 Å². The Balaban J connectivity index is 0.000000259. The predicted octanol–water partition coefficient (Wildman–Crippen LogP) is 14.4. The summed E-state index contributed by atoms with van der Waals surface area (Å²) in [4.78, 5) is 0. The average molecular weight is 1160 g/mol. The summed E-state index contributed by atoms with van der Waals surface area (Å²) in [7, 11) is 0. The van der Waals surface area contributed by atoms with Gasteiger partial charge in [0.25, 0.3) is 0 Å². The zero-order valence-electron chi connectivity index (χ0n) is 41.2. The Hall–Kier alpha value is -7.76. The topological polar surface area (TPSA) is 0 Å². The molecule has 0 atom stereocenters. The maximum absolute atomic E-state index is 3.27. The first-order valence-electron chi connectivity index (χ1n) is 25.4. The Morgan fingerprint density at radius 1 is 0.162 bits per heavy atom. The summed E-state index contributed by atoms with van der Waals surface area (Å²) in [5, 5.41) is 0. The van der Waals surface area contributed by atoms with Crippen LogP contribution < -0.4 is 21.5 Å². The molecular weight excluding hydrogens is 1100 g/mol.